The molecule has 0 aliphatic rings. The molecule has 0 saturated carbocycles. The van der Waals surface area contributed by atoms with E-state index >= 15 is 0 Å². The molecule has 138 valence electrons. The van der Waals surface area contributed by atoms with E-state index in [1.54, 1.807) is 30.3 Å². The number of hydrogen-bond donors (Lipinski definition) is 2. The average Bonchev–Trinajstić information content (AvgIpc) is 2.69. The summed E-state index contributed by atoms with van der Waals surface area (Å²) in [6.45, 7) is 2.62. The van der Waals surface area contributed by atoms with Gasteiger partial charge < -0.3 is 15.4 Å². The van der Waals surface area contributed by atoms with Gasteiger partial charge in [-0.05, 0) is 25.1 Å². The van der Waals surface area contributed by atoms with E-state index in [4.69, 9.17) is 4.74 Å². The van der Waals surface area contributed by atoms with E-state index in [1.165, 1.54) is 18.5 Å². The molecule has 2 aromatic carbocycles. The summed E-state index contributed by atoms with van der Waals surface area (Å²) >= 11 is 0. The first-order valence-electron chi connectivity index (χ1n) is 8.50. The lowest BCUT2D eigenvalue weighted by atomic mass is 10.2. The van der Waals surface area contributed by atoms with Crippen molar-refractivity contribution in [1.29, 1.82) is 0 Å². The van der Waals surface area contributed by atoms with Crippen LogP contribution < -0.4 is 15.4 Å². The van der Waals surface area contributed by atoms with Crippen LogP contribution in [0.15, 0.2) is 60.9 Å². The minimum Gasteiger partial charge on any atom is -0.492 e. The molecular weight excluding hydrogens is 347 g/mol. The predicted octanol–water partition coefficient (Wildman–Crippen LogP) is 3.88. The van der Waals surface area contributed by atoms with E-state index in [1.807, 2.05) is 19.1 Å². The number of amides is 1. The topological polar surface area (TPSA) is 76.1 Å². The van der Waals surface area contributed by atoms with Gasteiger partial charge in [0.2, 0.25) is 5.95 Å². The highest BCUT2D eigenvalue weighted by molar-refractivity contribution is 6.04. The third-order valence-electron chi connectivity index (χ3n) is 3.74. The molecule has 27 heavy (non-hydrogen) atoms. The first kappa shape index (κ1) is 18.3. The van der Waals surface area contributed by atoms with Crippen LogP contribution in [0, 0.1) is 5.82 Å². The van der Waals surface area contributed by atoms with Crippen molar-refractivity contribution in [2.24, 2.45) is 0 Å². The van der Waals surface area contributed by atoms with Crippen LogP contribution in [0.3, 0.4) is 0 Å². The van der Waals surface area contributed by atoms with Crippen LogP contribution in [-0.2, 0) is 6.54 Å². The molecule has 1 heterocycles. The number of halogens is 1. The van der Waals surface area contributed by atoms with E-state index in [0.29, 0.717) is 35.1 Å². The summed E-state index contributed by atoms with van der Waals surface area (Å²) < 4.78 is 19.1. The largest absolute Gasteiger partial charge is 0.492 e. The fraction of sp³-hybridized carbons (Fsp3) is 0.150. The fourth-order valence-electron chi connectivity index (χ4n) is 2.40. The van der Waals surface area contributed by atoms with E-state index in [-0.39, 0.29) is 18.3 Å². The van der Waals surface area contributed by atoms with E-state index in [2.05, 4.69) is 20.6 Å². The minimum atomic E-state index is -0.345. The molecule has 0 atom stereocenters. The van der Waals surface area contributed by atoms with Gasteiger partial charge in [0.1, 0.15) is 11.6 Å². The molecule has 0 spiro atoms. The SMILES string of the molecule is CCOc1ccccc1NC(=O)c1cnc(NCc2ccccc2F)nc1. The monoisotopic (exact) mass is 366 g/mol. The zero-order chi connectivity index (χ0) is 19.1. The van der Waals surface area contributed by atoms with E-state index < -0.39 is 0 Å². The molecule has 0 saturated heterocycles. The molecule has 3 aromatic rings. The molecule has 6 nitrogen and oxygen atoms in total. The van der Waals surface area contributed by atoms with Gasteiger partial charge >= 0.3 is 0 Å². The predicted molar refractivity (Wildman–Crippen MR) is 101 cm³/mol. The van der Waals surface area contributed by atoms with Crippen LogP contribution >= 0.6 is 0 Å². The van der Waals surface area contributed by atoms with Gasteiger partial charge in [-0.1, -0.05) is 30.3 Å². The van der Waals surface area contributed by atoms with Crippen LogP contribution in [0.5, 0.6) is 5.75 Å². The Morgan fingerprint density at radius 3 is 2.52 bits per heavy atom. The van der Waals surface area contributed by atoms with Crippen molar-refractivity contribution in [2.75, 3.05) is 17.2 Å². The van der Waals surface area contributed by atoms with Gasteiger partial charge in [0.25, 0.3) is 5.91 Å². The highest BCUT2D eigenvalue weighted by atomic mass is 19.1. The van der Waals surface area contributed by atoms with Crippen LogP contribution in [0.2, 0.25) is 0 Å². The molecule has 0 aliphatic carbocycles. The second kappa shape index (κ2) is 8.75. The summed E-state index contributed by atoms with van der Waals surface area (Å²) in [4.78, 5) is 20.6. The summed E-state index contributed by atoms with van der Waals surface area (Å²) in [7, 11) is 0. The summed E-state index contributed by atoms with van der Waals surface area (Å²) in [6, 6.07) is 13.6. The second-order valence-corrected chi connectivity index (χ2v) is 5.62. The highest BCUT2D eigenvalue weighted by Crippen LogP contribution is 2.24. The van der Waals surface area contributed by atoms with Crippen LogP contribution in [-0.4, -0.2) is 22.5 Å². The first-order valence-corrected chi connectivity index (χ1v) is 8.50. The van der Waals surface area contributed by atoms with Crippen LogP contribution in [0.25, 0.3) is 0 Å². The minimum absolute atomic E-state index is 0.250. The maximum Gasteiger partial charge on any atom is 0.258 e. The van der Waals surface area contributed by atoms with Crippen molar-refractivity contribution < 1.29 is 13.9 Å². The van der Waals surface area contributed by atoms with Gasteiger partial charge in [0.15, 0.2) is 0 Å². The smallest absolute Gasteiger partial charge is 0.258 e. The molecular formula is C20H19FN4O2. The zero-order valence-electron chi connectivity index (χ0n) is 14.8. The van der Waals surface area contributed by atoms with E-state index in [0.717, 1.165) is 0 Å². The fourth-order valence-corrected chi connectivity index (χ4v) is 2.40. The van der Waals surface area contributed by atoms with Gasteiger partial charge in [-0.2, -0.15) is 0 Å². The molecule has 1 amide bonds. The molecule has 3 rings (SSSR count). The number of ether oxygens (including phenoxy) is 1. The van der Waals surface area contributed by atoms with Crippen molar-refractivity contribution in [3.05, 3.63) is 77.9 Å². The molecule has 0 unspecified atom stereocenters. The first-order chi connectivity index (χ1) is 13.2. The van der Waals surface area contributed by atoms with Gasteiger partial charge in [0.05, 0.1) is 17.9 Å². The van der Waals surface area contributed by atoms with Crippen LogP contribution in [0.1, 0.15) is 22.8 Å². The molecule has 0 bridgehead atoms. The Morgan fingerprint density at radius 2 is 1.78 bits per heavy atom. The van der Waals surface area contributed by atoms with E-state index in [9.17, 15) is 9.18 Å². The third kappa shape index (κ3) is 4.78. The molecule has 2 N–H and O–H groups in total. The van der Waals surface area contributed by atoms with Crippen molar-refractivity contribution in [1.82, 2.24) is 9.97 Å². The number of nitrogens with zero attached hydrogens (tertiary/aromatic N) is 2. The molecule has 1 aromatic heterocycles. The Balaban J connectivity index is 1.63. The van der Waals surface area contributed by atoms with Crippen molar-refractivity contribution in [2.45, 2.75) is 13.5 Å². The maximum atomic E-state index is 13.6. The summed E-state index contributed by atoms with van der Waals surface area (Å²) in [5.41, 5.74) is 1.39. The Kier molecular flexibility index (Phi) is 5.94. The zero-order valence-corrected chi connectivity index (χ0v) is 14.8. The van der Waals surface area contributed by atoms with Crippen molar-refractivity contribution in [3.8, 4) is 5.75 Å². The quantitative estimate of drug-likeness (QED) is 0.664. The highest BCUT2D eigenvalue weighted by Gasteiger charge is 2.11. The van der Waals surface area contributed by atoms with Gasteiger partial charge in [-0.3, -0.25) is 4.79 Å². The number of anilines is 2. The summed E-state index contributed by atoms with van der Waals surface area (Å²) in [5.74, 6) is 0.263. The van der Waals surface area contributed by atoms with Gasteiger partial charge in [-0.15, -0.1) is 0 Å². The number of nitrogens with one attached hydrogen (secondary N) is 2. The number of carbonyl (C=O) groups excluding carboxylic acids is 1. The average molecular weight is 366 g/mol. The van der Waals surface area contributed by atoms with Crippen molar-refractivity contribution >= 4 is 17.5 Å². The Bertz CT molecular complexity index is 916. The molecule has 0 fully saturated rings. The summed E-state index contributed by atoms with van der Waals surface area (Å²) in [6.07, 6.45) is 2.82. The number of carbonyl (C=O) groups is 1. The van der Waals surface area contributed by atoms with Gasteiger partial charge in [-0.25, -0.2) is 14.4 Å². The second-order valence-electron chi connectivity index (χ2n) is 5.62. The molecule has 0 radical (unpaired) electrons. The molecule has 0 aliphatic heterocycles. The lowest BCUT2D eigenvalue weighted by Gasteiger charge is -2.11. The third-order valence-corrected chi connectivity index (χ3v) is 3.74. The Hall–Kier alpha value is -3.48. The number of rotatable bonds is 7. The number of para-hydroxylation sites is 2. The maximum absolute atomic E-state index is 13.6. The standard InChI is InChI=1S/C20H19FN4O2/c1-2-27-18-10-6-5-9-17(18)25-19(26)15-12-23-20(24-13-15)22-11-14-7-3-4-8-16(14)21/h3-10,12-13H,2,11H2,1H3,(H,25,26)(H,22,23,24). The summed E-state index contributed by atoms with van der Waals surface area (Å²) in [5, 5.41) is 5.71. The Morgan fingerprint density at radius 1 is 1.07 bits per heavy atom. The number of benzene rings is 2. The normalized spacial score (nSPS) is 10.3. The van der Waals surface area contributed by atoms with Crippen molar-refractivity contribution in [3.63, 3.8) is 0 Å². The number of hydrogen-bond acceptors (Lipinski definition) is 5. The van der Waals surface area contributed by atoms with Crippen LogP contribution in [0.4, 0.5) is 16.0 Å². The molecule has 7 heteroatoms. The van der Waals surface area contributed by atoms with Gasteiger partial charge in [0, 0.05) is 24.5 Å². The lowest BCUT2D eigenvalue weighted by Crippen LogP contribution is -2.14. The number of aromatic nitrogens is 2. The lowest BCUT2D eigenvalue weighted by molar-refractivity contribution is 0.102. The Labute approximate surface area is 156 Å².